The van der Waals surface area contributed by atoms with E-state index in [0.29, 0.717) is 19.6 Å². The SMILES string of the molecule is O=C(NCCCc1ccccc1)N1Cc2cccnc2C1. The molecule has 21 heavy (non-hydrogen) atoms. The van der Waals surface area contributed by atoms with Crippen molar-refractivity contribution in [3.63, 3.8) is 0 Å². The number of carbonyl (C=O) groups is 1. The van der Waals surface area contributed by atoms with Crippen molar-refractivity contribution >= 4 is 6.03 Å². The highest BCUT2D eigenvalue weighted by molar-refractivity contribution is 5.74. The predicted molar refractivity (Wildman–Crippen MR) is 81.6 cm³/mol. The molecule has 1 aromatic carbocycles. The summed E-state index contributed by atoms with van der Waals surface area (Å²) in [4.78, 5) is 18.2. The number of rotatable bonds is 4. The number of carbonyl (C=O) groups excluding carboxylic acids is 1. The third kappa shape index (κ3) is 3.40. The molecule has 0 saturated carbocycles. The summed E-state index contributed by atoms with van der Waals surface area (Å²) in [6, 6.07) is 14.3. The average Bonchev–Trinajstić information content (AvgIpc) is 2.96. The molecule has 0 aliphatic carbocycles. The number of fused-ring (bicyclic) bond motifs is 1. The summed E-state index contributed by atoms with van der Waals surface area (Å²) in [5, 5.41) is 2.99. The van der Waals surface area contributed by atoms with Crippen molar-refractivity contribution in [2.75, 3.05) is 6.54 Å². The van der Waals surface area contributed by atoms with E-state index >= 15 is 0 Å². The summed E-state index contributed by atoms with van der Waals surface area (Å²) in [7, 11) is 0. The van der Waals surface area contributed by atoms with Gasteiger partial charge in [0.2, 0.25) is 0 Å². The number of aromatic nitrogens is 1. The molecule has 2 amide bonds. The summed E-state index contributed by atoms with van der Waals surface area (Å²) in [6.07, 6.45) is 3.72. The standard InChI is InChI=1S/C17H19N3O/c21-17(19-11-4-8-14-6-2-1-3-7-14)20-12-15-9-5-10-18-16(15)13-20/h1-3,5-7,9-10H,4,8,11-13H2,(H,19,21). The Hall–Kier alpha value is -2.36. The molecule has 0 bridgehead atoms. The molecule has 4 nitrogen and oxygen atoms in total. The second-order valence-corrected chi connectivity index (χ2v) is 5.29. The van der Waals surface area contributed by atoms with Crippen LogP contribution in [0.15, 0.2) is 48.7 Å². The van der Waals surface area contributed by atoms with Gasteiger partial charge < -0.3 is 10.2 Å². The van der Waals surface area contributed by atoms with Crippen LogP contribution in [0.1, 0.15) is 23.2 Å². The molecule has 1 aliphatic rings. The molecule has 1 N–H and O–H groups in total. The highest BCUT2D eigenvalue weighted by atomic mass is 16.2. The van der Waals surface area contributed by atoms with E-state index in [0.717, 1.165) is 24.1 Å². The van der Waals surface area contributed by atoms with Gasteiger partial charge in [0.15, 0.2) is 0 Å². The molecule has 0 unspecified atom stereocenters. The van der Waals surface area contributed by atoms with Gasteiger partial charge in [-0.3, -0.25) is 4.98 Å². The van der Waals surface area contributed by atoms with Gasteiger partial charge in [0.05, 0.1) is 12.2 Å². The van der Waals surface area contributed by atoms with Crippen molar-refractivity contribution in [1.82, 2.24) is 15.2 Å². The van der Waals surface area contributed by atoms with E-state index in [1.165, 1.54) is 5.56 Å². The number of pyridine rings is 1. The zero-order chi connectivity index (χ0) is 14.5. The van der Waals surface area contributed by atoms with Crippen molar-refractivity contribution in [1.29, 1.82) is 0 Å². The molecular formula is C17H19N3O. The van der Waals surface area contributed by atoms with Crippen molar-refractivity contribution in [3.8, 4) is 0 Å². The molecule has 1 aromatic heterocycles. The van der Waals surface area contributed by atoms with Gasteiger partial charge in [0.25, 0.3) is 0 Å². The Morgan fingerprint density at radius 1 is 1.14 bits per heavy atom. The second-order valence-electron chi connectivity index (χ2n) is 5.29. The molecule has 108 valence electrons. The van der Waals surface area contributed by atoms with Gasteiger partial charge in [-0.15, -0.1) is 0 Å². The van der Waals surface area contributed by atoms with E-state index in [1.54, 1.807) is 11.1 Å². The van der Waals surface area contributed by atoms with Crippen LogP contribution < -0.4 is 5.32 Å². The molecular weight excluding hydrogens is 262 g/mol. The monoisotopic (exact) mass is 281 g/mol. The number of hydrogen-bond donors (Lipinski definition) is 1. The number of nitrogens with zero attached hydrogens (tertiary/aromatic N) is 2. The fourth-order valence-electron chi connectivity index (χ4n) is 2.59. The van der Waals surface area contributed by atoms with Gasteiger partial charge in [-0.25, -0.2) is 4.79 Å². The predicted octanol–water partition coefficient (Wildman–Crippen LogP) is 2.74. The minimum atomic E-state index is 0.000983. The van der Waals surface area contributed by atoms with Gasteiger partial charge in [0.1, 0.15) is 0 Å². The molecule has 0 fully saturated rings. The van der Waals surface area contributed by atoms with E-state index in [2.05, 4.69) is 22.4 Å². The minimum Gasteiger partial charge on any atom is -0.338 e. The number of hydrogen-bond acceptors (Lipinski definition) is 2. The zero-order valence-corrected chi connectivity index (χ0v) is 12.0. The van der Waals surface area contributed by atoms with Gasteiger partial charge in [-0.2, -0.15) is 0 Å². The summed E-state index contributed by atoms with van der Waals surface area (Å²) in [5.41, 5.74) is 3.47. The van der Waals surface area contributed by atoms with E-state index < -0.39 is 0 Å². The van der Waals surface area contributed by atoms with E-state index in [9.17, 15) is 4.79 Å². The van der Waals surface area contributed by atoms with Crippen molar-refractivity contribution in [2.45, 2.75) is 25.9 Å². The first-order valence-corrected chi connectivity index (χ1v) is 7.32. The van der Waals surface area contributed by atoms with E-state index in [4.69, 9.17) is 0 Å². The quantitative estimate of drug-likeness (QED) is 0.876. The maximum absolute atomic E-state index is 12.1. The molecule has 0 radical (unpaired) electrons. The second kappa shape index (κ2) is 6.39. The Labute approximate surface area is 124 Å². The van der Waals surface area contributed by atoms with E-state index in [1.807, 2.05) is 30.3 Å². The van der Waals surface area contributed by atoms with Crippen LogP contribution in [0.25, 0.3) is 0 Å². The van der Waals surface area contributed by atoms with Crippen LogP contribution in [0.4, 0.5) is 4.79 Å². The van der Waals surface area contributed by atoms with E-state index in [-0.39, 0.29) is 6.03 Å². The third-order valence-electron chi connectivity index (χ3n) is 3.73. The minimum absolute atomic E-state index is 0.000983. The topological polar surface area (TPSA) is 45.2 Å². The van der Waals surface area contributed by atoms with Gasteiger partial charge >= 0.3 is 6.03 Å². The average molecular weight is 281 g/mol. The number of urea groups is 1. The number of nitrogens with one attached hydrogen (secondary N) is 1. The maximum atomic E-state index is 12.1. The van der Waals surface area contributed by atoms with Crippen LogP contribution >= 0.6 is 0 Å². The smallest absolute Gasteiger partial charge is 0.318 e. The van der Waals surface area contributed by atoms with Crippen LogP contribution in [-0.2, 0) is 19.5 Å². The molecule has 0 saturated heterocycles. The van der Waals surface area contributed by atoms with Crippen LogP contribution in [-0.4, -0.2) is 22.5 Å². The molecule has 0 atom stereocenters. The molecule has 4 heteroatoms. The lowest BCUT2D eigenvalue weighted by Crippen LogP contribution is -2.37. The fraction of sp³-hybridized carbons (Fsp3) is 0.294. The molecule has 0 spiro atoms. The van der Waals surface area contributed by atoms with Crippen molar-refractivity contribution < 1.29 is 4.79 Å². The highest BCUT2D eigenvalue weighted by Gasteiger charge is 2.23. The van der Waals surface area contributed by atoms with Crippen LogP contribution in [0, 0.1) is 0 Å². The molecule has 2 aromatic rings. The Kier molecular flexibility index (Phi) is 4.15. The summed E-state index contributed by atoms with van der Waals surface area (Å²) in [6.45, 7) is 1.97. The van der Waals surface area contributed by atoms with Crippen LogP contribution in [0.3, 0.4) is 0 Å². The maximum Gasteiger partial charge on any atom is 0.318 e. The van der Waals surface area contributed by atoms with Crippen LogP contribution in [0.5, 0.6) is 0 Å². The van der Waals surface area contributed by atoms with Gasteiger partial charge in [-0.05, 0) is 30.0 Å². The Morgan fingerprint density at radius 2 is 2.00 bits per heavy atom. The zero-order valence-electron chi connectivity index (χ0n) is 12.0. The first-order chi connectivity index (χ1) is 10.3. The Morgan fingerprint density at radius 3 is 2.81 bits per heavy atom. The normalized spacial score (nSPS) is 13.0. The number of benzene rings is 1. The molecule has 1 aliphatic heterocycles. The lowest BCUT2D eigenvalue weighted by atomic mass is 10.1. The Bertz CT molecular complexity index is 587. The first-order valence-electron chi connectivity index (χ1n) is 7.32. The van der Waals surface area contributed by atoms with Crippen molar-refractivity contribution in [3.05, 3.63) is 65.5 Å². The van der Waals surface area contributed by atoms with Gasteiger partial charge in [-0.1, -0.05) is 36.4 Å². The lowest BCUT2D eigenvalue weighted by molar-refractivity contribution is 0.198. The first kappa shape index (κ1) is 13.6. The van der Waals surface area contributed by atoms with Crippen LogP contribution in [0.2, 0.25) is 0 Å². The van der Waals surface area contributed by atoms with Crippen molar-refractivity contribution in [2.24, 2.45) is 0 Å². The third-order valence-corrected chi connectivity index (χ3v) is 3.73. The lowest BCUT2D eigenvalue weighted by Gasteiger charge is -2.16. The van der Waals surface area contributed by atoms with Gasteiger partial charge in [0, 0.05) is 19.3 Å². The molecule has 3 rings (SSSR count). The molecule has 2 heterocycles. The summed E-state index contributed by atoms with van der Waals surface area (Å²) >= 11 is 0. The number of aryl methyl sites for hydroxylation is 1. The fourth-order valence-corrected chi connectivity index (χ4v) is 2.59. The summed E-state index contributed by atoms with van der Waals surface area (Å²) in [5.74, 6) is 0. The number of amides is 2. The highest BCUT2D eigenvalue weighted by Crippen LogP contribution is 2.19. The Balaban J connectivity index is 1.42. The summed E-state index contributed by atoms with van der Waals surface area (Å²) < 4.78 is 0. The largest absolute Gasteiger partial charge is 0.338 e.